The van der Waals surface area contributed by atoms with E-state index in [-0.39, 0.29) is 24.4 Å². The van der Waals surface area contributed by atoms with Gasteiger partial charge in [-0.3, -0.25) is 4.90 Å². The molecule has 0 aromatic heterocycles. The van der Waals surface area contributed by atoms with Crippen LogP contribution in [0, 0.1) is 5.41 Å². The van der Waals surface area contributed by atoms with Crippen LogP contribution < -0.4 is 5.73 Å². The monoisotopic (exact) mass is 292 g/mol. The van der Waals surface area contributed by atoms with Crippen molar-refractivity contribution in [1.29, 1.82) is 0 Å². The highest BCUT2D eigenvalue weighted by molar-refractivity contribution is 7.80. The molecule has 2 aliphatic rings. The minimum Gasteiger partial charge on any atom is -0.444 e. The molecule has 1 saturated carbocycles. The smallest absolute Gasteiger partial charge is 0.410 e. The summed E-state index contributed by atoms with van der Waals surface area (Å²) in [6, 6.07) is -0.641. The van der Waals surface area contributed by atoms with E-state index in [2.05, 4.69) is 0 Å². The molecule has 2 fully saturated rings. The molecule has 1 amide bonds. The Morgan fingerprint density at radius 1 is 1.47 bits per heavy atom. The number of halogens is 2. The van der Waals surface area contributed by atoms with E-state index in [0.717, 1.165) is 0 Å². The molecule has 0 aromatic rings. The van der Waals surface area contributed by atoms with Crippen molar-refractivity contribution in [2.24, 2.45) is 11.1 Å². The number of carbonyl (C=O) groups is 1. The summed E-state index contributed by atoms with van der Waals surface area (Å²) in [4.78, 5) is 13.4. The number of carbonyl (C=O) groups excluding carboxylic acids is 1. The maximum absolute atomic E-state index is 13.4. The molecular formula is C12H18F2N2O2S. The number of thiocarbonyl (C=S) groups is 1. The lowest BCUT2D eigenvalue weighted by molar-refractivity contribution is 0.0230. The lowest BCUT2D eigenvalue weighted by atomic mass is 10.0. The number of hydrogen-bond acceptors (Lipinski definition) is 3. The van der Waals surface area contributed by atoms with Crippen molar-refractivity contribution >= 4 is 23.3 Å². The van der Waals surface area contributed by atoms with Gasteiger partial charge in [-0.25, -0.2) is 13.6 Å². The number of amides is 1. The molecule has 2 atom stereocenters. The summed E-state index contributed by atoms with van der Waals surface area (Å²) in [7, 11) is 0. The van der Waals surface area contributed by atoms with E-state index in [0.29, 0.717) is 0 Å². The van der Waals surface area contributed by atoms with Gasteiger partial charge in [-0.1, -0.05) is 12.2 Å². The summed E-state index contributed by atoms with van der Waals surface area (Å²) in [6.45, 7) is 5.12. The predicted octanol–water partition coefficient (Wildman–Crippen LogP) is 2.31. The van der Waals surface area contributed by atoms with Gasteiger partial charge in [0.25, 0.3) is 5.92 Å². The molecule has 1 spiro atoms. The number of likely N-dealkylation sites (tertiary alicyclic amines) is 1. The van der Waals surface area contributed by atoms with Crippen LogP contribution in [-0.4, -0.2) is 40.1 Å². The van der Waals surface area contributed by atoms with Crippen molar-refractivity contribution in [3.05, 3.63) is 0 Å². The molecule has 1 saturated heterocycles. The van der Waals surface area contributed by atoms with Gasteiger partial charge in [0.1, 0.15) is 5.60 Å². The Morgan fingerprint density at radius 3 is 2.37 bits per heavy atom. The largest absolute Gasteiger partial charge is 0.444 e. The lowest BCUT2D eigenvalue weighted by Gasteiger charge is -2.28. The van der Waals surface area contributed by atoms with Gasteiger partial charge < -0.3 is 10.5 Å². The highest BCUT2D eigenvalue weighted by Gasteiger charge is 2.75. The third-order valence-corrected chi connectivity index (χ3v) is 3.87. The fraction of sp³-hybridized carbons (Fsp3) is 0.833. The van der Waals surface area contributed by atoms with Crippen LogP contribution in [0.2, 0.25) is 0 Å². The fourth-order valence-electron chi connectivity index (χ4n) is 2.52. The molecule has 1 unspecified atom stereocenters. The number of rotatable bonds is 1. The van der Waals surface area contributed by atoms with E-state index >= 15 is 0 Å². The Bertz CT molecular complexity index is 436. The van der Waals surface area contributed by atoms with Gasteiger partial charge in [-0.15, -0.1) is 0 Å². The highest BCUT2D eigenvalue weighted by Crippen LogP contribution is 2.66. The zero-order valence-corrected chi connectivity index (χ0v) is 12.0. The summed E-state index contributed by atoms with van der Waals surface area (Å²) < 4.78 is 32.1. The summed E-state index contributed by atoms with van der Waals surface area (Å²) >= 11 is 4.88. The number of nitrogens with zero attached hydrogens (tertiary/aromatic N) is 1. The first-order valence-corrected chi connectivity index (χ1v) is 6.55. The normalized spacial score (nSPS) is 32.5. The molecular weight excluding hydrogens is 274 g/mol. The van der Waals surface area contributed by atoms with Crippen LogP contribution in [0.3, 0.4) is 0 Å². The first-order chi connectivity index (χ1) is 8.47. The lowest BCUT2D eigenvalue weighted by Crippen LogP contribution is -2.45. The van der Waals surface area contributed by atoms with E-state index < -0.39 is 29.1 Å². The second kappa shape index (κ2) is 4.01. The van der Waals surface area contributed by atoms with Gasteiger partial charge in [0.15, 0.2) is 0 Å². The van der Waals surface area contributed by atoms with Crippen molar-refractivity contribution < 1.29 is 18.3 Å². The van der Waals surface area contributed by atoms with Gasteiger partial charge in [-0.05, 0) is 27.2 Å². The maximum Gasteiger partial charge on any atom is 0.410 e. The molecule has 4 nitrogen and oxygen atoms in total. The molecule has 1 aliphatic carbocycles. The summed E-state index contributed by atoms with van der Waals surface area (Å²) in [5.74, 6) is -2.73. The predicted molar refractivity (Wildman–Crippen MR) is 70.1 cm³/mol. The van der Waals surface area contributed by atoms with E-state index in [1.54, 1.807) is 20.8 Å². The third-order valence-electron chi connectivity index (χ3n) is 3.60. The first kappa shape index (κ1) is 14.4. The van der Waals surface area contributed by atoms with Crippen molar-refractivity contribution in [2.45, 2.75) is 51.2 Å². The second-order valence-electron chi connectivity index (χ2n) is 6.39. The summed E-state index contributed by atoms with van der Waals surface area (Å²) in [5.41, 5.74) is 3.73. The summed E-state index contributed by atoms with van der Waals surface area (Å²) in [5, 5.41) is 0. The van der Waals surface area contributed by atoms with Crippen LogP contribution in [0.15, 0.2) is 0 Å². The Balaban J connectivity index is 2.15. The minimum atomic E-state index is -2.73. The zero-order chi connectivity index (χ0) is 14.6. The van der Waals surface area contributed by atoms with Crippen LogP contribution in [-0.2, 0) is 4.74 Å². The molecule has 2 rings (SSSR count). The molecule has 1 aliphatic heterocycles. The van der Waals surface area contributed by atoms with Gasteiger partial charge in [0.2, 0.25) is 0 Å². The van der Waals surface area contributed by atoms with Gasteiger partial charge in [0.05, 0.1) is 16.4 Å². The number of ether oxygens (including phenoxy) is 1. The van der Waals surface area contributed by atoms with E-state index in [1.807, 2.05) is 0 Å². The van der Waals surface area contributed by atoms with Crippen LogP contribution in [0.4, 0.5) is 13.6 Å². The van der Waals surface area contributed by atoms with Crippen molar-refractivity contribution in [1.82, 2.24) is 4.90 Å². The Kier molecular flexibility index (Phi) is 3.04. The Hall–Kier alpha value is -0.980. The van der Waals surface area contributed by atoms with Gasteiger partial charge in [-0.2, -0.15) is 0 Å². The molecule has 1 heterocycles. The average molecular weight is 292 g/mol. The van der Waals surface area contributed by atoms with E-state index in [4.69, 9.17) is 22.7 Å². The highest BCUT2D eigenvalue weighted by atomic mass is 32.1. The van der Waals surface area contributed by atoms with Gasteiger partial charge in [0, 0.05) is 13.0 Å². The molecule has 2 N–H and O–H groups in total. The van der Waals surface area contributed by atoms with Gasteiger partial charge >= 0.3 is 6.09 Å². The molecule has 108 valence electrons. The third kappa shape index (κ3) is 2.52. The molecule has 7 heteroatoms. The van der Waals surface area contributed by atoms with Crippen molar-refractivity contribution in [3.63, 3.8) is 0 Å². The van der Waals surface area contributed by atoms with Crippen LogP contribution >= 0.6 is 12.2 Å². The fourth-order valence-corrected chi connectivity index (χ4v) is 2.73. The first-order valence-electron chi connectivity index (χ1n) is 6.14. The second-order valence-corrected chi connectivity index (χ2v) is 6.86. The molecule has 19 heavy (non-hydrogen) atoms. The Labute approximate surface area is 116 Å². The van der Waals surface area contributed by atoms with Crippen molar-refractivity contribution in [2.75, 3.05) is 6.54 Å². The molecule has 0 aromatic carbocycles. The quantitative estimate of drug-likeness (QED) is 0.754. The minimum absolute atomic E-state index is 0.0447. The van der Waals surface area contributed by atoms with E-state index in [9.17, 15) is 13.6 Å². The number of alkyl halides is 2. The Morgan fingerprint density at radius 2 is 2.00 bits per heavy atom. The SMILES string of the molecule is CC(C)(C)OC(=O)N1CC2(C[C@H]1C(N)=S)CC2(F)F. The van der Waals surface area contributed by atoms with Crippen LogP contribution in [0.1, 0.15) is 33.6 Å². The zero-order valence-electron chi connectivity index (χ0n) is 11.2. The number of hydrogen-bond donors (Lipinski definition) is 1. The average Bonchev–Trinajstić information content (AvgIpc) is 2.55. The molecule has 0 radical (unpaired) electrons. The summed E-state index contributed by atoms with van der Waals surface area (Å²) in [6.07, 6.45) is -0.725. The van der Waals surface area contributed by atoms with E-state index in [1.165, 1.54) is 4.90 Å². The van der Waals surface area contributed by atoms with Crippen LogP contribution in [0.25, 0.3) is 0 Å². The van der Waals surface area contributed by atoms with Crippen LogP contribution in [0.5, 0.6) is 0 Å². The van der Waals surface area contributed by atoms with Crippen molar-refractivity contribution in [3.8, 4) is 0 Å². The standard InChI is InChI=1S/C12H18F2N2O2S/c1-10(2,3)18-9(17)16-6-11(5-12(11,13)14)4-7(16)8(15)19/h7H,4-6H2,1-3H3,(H2,15,19)/t7-,11?/m0/s1. The topological polar surface area (TPSA) is 55.6 Å². The number of nitrogens with two attached hydrogens (primary N) is 1. The maximum atomic E-state index is 13.4. The molecule has 0 bridgehead atoms.